The van der Waals surface area contributed by atoms with Crippen LogP contribution in [-0.4, -0.2) is 16.3 Å². The Labute approximate surface area is 117 Å². The standard InChI is InChI=1S/C14H20BrNO2/c1-8(2)11-5-10(17)6-12(9(3)4)14(11)16-13(18)7-15/h5-6,8-9,17H,7H2,1-4H3,(H,16,18). The van der Waals surface area contributed by atoms with Crippen LogP contribution < -0.4 is 5.32 Å². The molecule has 4 heteroatoms. The fourth-order valence-corrected chi connectivity index (χ4v) is 2.04. The summed E-state index contributed by atoms with van der Waals surface area (Å²) >= 11 is 3.15. The summed E-state index contributed by atoms with van der Waals surface area (Å²) < 4.78 is 0. The molecule has 0 aliphatic carbocycles. The first-order chi connectivity index (χ1) is 8.36. The summed E-state index contributed by atoms with van der Waals surface area (Å²) in [7, 11) is 0. The van der Waals surface area contributed by atoms with Crippen LogP contribution in [0.15, 0.2) is 12.1 Å². The second kappa shape index (κ2) is 6.23. The van der Waals surface area contributed by atoms with Gasteiger partial charge >= 0.3 is 0 Å². The quantitative estimate of drug-likeness (QED) is 0.652. The number of phenols is 1. The highest BCUT2D eigenvalue weighted by Gasteiger charge is 2.17. The van der Waals surface area contributed by atoms with Crippen LogP contribution >= 0.6 is 15.9 Å². The maximum absolute atomic E-state index is 11.6. The average Bonchev–Trinajstić information content (AvgIpc) is 2.29. The number of amides is 1. The van der Waals surface area contributed by atoms with Gasteiger partial charge in [-0.05, 0) is 35.1 Å². The first-order valence-corrected chi connectivity index (χ1v) is 7.21. The molecule has 100 valence electrons. The van der Waals surface area contributed by atoms with Gasteiger partial charge in [0.05, 0.1) is 5.33 Å². The fourth-order valence-electron chi connectivity index (χ4n) is 1.90. The normalized spacial score (nSPS) is 11.1. The third-order valence-corrected chi connectivity index (χ3v) is 3.32. The first kappa shape index (κ1) is 15.0. The molecular weight excluding hydrogens is 294 g/mol. The van der Waals surface area contributed by atoms with E-state index in [-0.39, 0.29) is 28.8 Å². The molecule has 0 aromatic heterocycles. The Kier molecular flexibility index (Phi) is 5.20. The number of aromatic hydroxyl groups is 1. The van der Waals surface area contributed by atoms with E-state index in [1.165, 1.54) is 0 Å². The zero-order valence-electron chi connectivity index (χ0n) is 11.2. The van der Waals surface area contributed by atoms with Gasteiger partial charge in [-0.15, -0.1) is 0 Å². The van der Waals surface area contributed by atoms with E-state index >= 15 is 0 Å². The van der Waals surface area contributed by atoms with E-state index in [9.17, 15) is 9.90 Å². The van der Waals surface area contributed by atoms with Crippen LogP contribution in [0.3, 0.4) is 0 Å². The molecule has 0 saturated carbocycles. The molecule has 0 unspecified atom stereocenters. The molecule has 18 heavy (non-hydrogen) atoms. The zero-order valence-corrected chi connectivity index (χ0v) is 12.8. The van der Waals surface area contributed by atoms with Crippen molar-refractivity contribution in [2.45, 2.75) is 39.5 Å². The summed E-state index contributed by atoms with van der Waals surface area (Å²) in [6, 6.07) is 3.45. The Hall–Kier alpha value is -1.03. The van der Waals surface area contributed by atoms with Gasteiger partial charge in [0.15, 0.2) is 0 Å². The summed E-state index contributed by atoms with van der Waals surface area (Å²) in [4.78, 5) is 11.6. The number of benzene rings is 1. The predicted octanol–water partition coefficient (Wildman–Crippen LogP) is 3.97. The molecule has 1 aromatic rings. The van der Waals surface area contributed by atoms with Crippen LogP contribution in [0.2, 0.25) is 0 Å². The van der Waals surface area contributed by atoms with Crippen molar-refractivity contribution < 1.29 is 9.90 Å². The summed E-state index contributed by atoms with van der Waals surface area (Å²) in [5.41, 5.74) is 2.77. The van der Waals surface area contributed by atoms with Crippen LogP contribution in [0.4, 0.5) is 5.69 Å². The molecule has 1 amide bonds. The lowest BCUT2D eigenvalue weighted by Gasteiger charge is -2.20. The lowest BCUT2D eigenvalue weighted by Crippen LogP contribution is -2.16. The smallest absolute Gasteiger partial charge is 0.235 e. The maximum Gasteiger partial charge on any atom is 0.235 e. The van der Waals surface area contributed by atoms with Gasteiger partial charge in [0.2, 0.25) is 5.91 Å². The van der Waals surface area contributed by atoms with Crippen molar-refractivity contribution in [3.05, 3.63) is 23.3 Å². The van der Waals surface area contributed by atoms with E-state index in [0.29, 0.717) is 0 Å². The minimum atomic E-state index is -0.0792. The second-order valence-corrected chi connectivity index (χ2v) is 5.55. The third kappa shape index (κ3) is 3.48. The van der Waals surface area contributed by atoms with Crippen molar-refractivity contribution in [1.29, 1.82) is 0 Å². The topological polar surface area (TPSA) is 49.3 Å². The molecule has 1 rings (SSSR count). The van der Waals surface area contributed by atoms with E-state index in [0.717, 1.165) is 16.8 Å². The Morgan fingerprint density at radius 3 is 2.00 bits per heavy atom. The van der Waals surface area contributed by atoms with Gasteiger partial charge in [0, 0.05) is 5.69 Å². The van der Waals surface area contributed by atoms with E-state index in [2.05, 4.69) is 21.2 Å². The largest absolute Gasteiger partial charge is 0.508 e. The summed E-state index contributed by atoms with van der Waals surface area (Å²) in [5, 5.41) is 13.0. The van der Waals surface area contributed by atoms with Crippen LogP contribution in [-0.2, 0) is 4.79 Å². The molecule has 0 fully saturated rings. The number of halogens is 1. The van der Waals surface area contributed by atoms with Gasteiger partial charge in [-0.25, -0.2) is 0 Å². The highest BCUT2D eigenvalue weighted by Crippen LogP contribution is 2.35. The number of hydrogen-bond donors (Lipinski definition) is 2. The third-order valence-electron chi connectivity index (χ3n) is 2.81. The molecule has 0 atom stereocenters. The highest BCUT2D eigenvalue weighted by molar-refractivity contribution is 9.09. The first-order valence-electron chi connectivity index (χ1n) is 6.09. The molecule has 0 bridgehead atoms. The number of rotatable bonds is 4. The van der Waals surface area contributed by atoms with E-state index < -0.39 is 0 Å². The van der Waals surface area contributed by atoms with Crippen LogP contribution in [0.5, 0.6) is 5.75 Å². The van der Waals surface area contributed by atoms with Gasteiger partial charge < -0.3 is 10.4 Å². The predicted molar refractivity (Wildman–Crippen MR) is 78.7 cm³/mol. The van der Waals surface area contributed by atoms with Gasteiger partial charge in [0.25, 0.3) is 0 Å². The molecular formula is C14H20BrNO2. The molecule has 1 aromatic carbocycles. The van der Waals surface area contributed by atoms with Crippen molar-refractivity contribution in [3.63, 3.8) is 0 Å². The van der Waals surface area contributed by atoms with Gasteiger partial charge in [-0.2, -0.15) is 0 Å². The molecule has 2 N–H and O–H groups in total. The number of carbonyl (C=O) groups excluding carboxylic acids is 1. The average molecular weight is 314 g/mol. The SMILES string of the molecule is CC(C)c1cc(O)cc(C(C)C)c1NC(=O)CBr. The molecule has 0 heterocycles. The molecule has 0 aliphatic heterocycles. The lowest BCUT2D eigenvalue weighted by molar-refractivity contribution is -0.113. The van der Waals surface area contributed by atoms with Crippen molar-refractivity contribution in [2.75, 3.05) is 10.6 Å². The number of nitrogens with one attached hydrogen (secondary N) is 1. The van der Waals surface area contributed by atoms with Gasteiger partial charge in [-0.1, -0.05) is 43.6 Å². The highest BCUT2D eigenvalue weighted by atomic mass is 79.9. The Bertz CT molecular complexity index is 412. The minimum absolute atomic E-state index is 0.0792. The van der Waals surface area contributed by atoms with E-state index in [4.69, 9.17) is 0 Å². The Balaban J connectivity index is 3.36. The summed E-state index contributed by atoms with van der Waals surface area (Å²) in [5.74, 6) is 0.643. The van der Waals surface area contributed by atoms with Crippen LogP contribution in [0, 0.1) is 0 Å². The maximum atomic E-state index is 11.6. The molecule has 0 saturated heterocycles. The number of phenolic OH excluding ortho intramolecular Hbond substituents is 1. The van der Waals surface area contributed by atoms with E-state index in [1.54, 1.807) is 12.1 Å². The second-order valence-electron chi connectivity index (χ2n) is 4.99. The van der Waals surface area contributed by atoms with Gasteiger partial charge in [0.1, 0.15) is 5.75 Å². The lowest BCUT2D eigenvalue weighted by atomic mass is 9.92. The van der Waals surface area contributed by atoms with Crippen LogP contribution in [0.1, 0.15) is 50.7 Å². The van der Waals surface area contributed by atoms with Crippen molar-refractivity contribution in [2.24, 2.45) is 0 Å². The van der Waals surface area contributed by atoms with Crippen LogP contribution in [0.25, 0.3) is 0 Å². The summed E-state index contributed by atoms with van der Waals surface area (Å²) in [6.45, 7) is 8.18. The van der Waals surface area contributed by atoms with Gasteiger partial charge in [-0.3, -0.25) is 4.79 Å². The monoisotopic (exact) mass is 313 g/mol. The summed E-state index contributed by atoms with van der Waals surface area (Å²) in [6.07, 6.45) is 0. The van der Waals surface area contributed by atoms with Crippen molar-refractivity contribution in [3.8, 4) is 5.75 Å². The number of anilines is 1. The fraction of sp³-hybridized carbons (Fsp3) is 0.500. The molecule has 0 spiro atoms. The minimum Gasteiger partial charge on any atom is -0.508 e. The molecule has 0 aliphatic rings. The Morgan fingerprint density at radius 1 is 1.22 bits per heavy atom. The number of carbonyl (C=O) groups is 1. The van der Waals surface area contributed by atoms with Crippen molar-refractivity contribution in [1.82, 2.24) is 0 Å². The van der Waals surface area contributed by atoms with E-state index in [1.807, 2.05) is 27.7 Å². The Morgan fingerprint density at radius 2 is 1.67 bits per heavy atom. The molecule has 3 nitrogen and oxygen atoms in total. The number of hydrogen-bond acceptors (Lipinski definition) is 2. The molecule has 0 radical (unpaired) electrons. The zero-order chi connectivity index (χ0) is 13.9. The van der Waals surface area contributed by atoms with Crippen molar-refractivity contribution >= 4 is 27.5 Å². The number of alkyl halides is 1.